The van der Waals surface area contributed by atoms with Gasteiger partial charge in [0.05, 0.1) is 0 Å². The third-order valence-electron chi connectivity index (χ3n) is 6.74. The van der Waals surface area contributed by atoms with Crippen molar-refractivity contribution in [3.05, 3.63) is 0 Å². The summed E-state index contributed by atoms with van der Waals surface area (Å²) in [6.07, 6.45) is 14.6. The van der Waals surface area contributed by atoms with Gasteiger partial charge in [-0.15, -0.1) is 0 Å². The number of likely N-dealkylation sites (N-methyl/N-ethyl adjacent to an activating group) is 1. The maximum atomic E-state index is 3.99. The van der Waals surface area contributed by atoms with Crippen LogP contribution >= 0.6 is 0 Å². The summed E-state index contributed by atoms with van der Waals surface area (Å²) in [6.45, 7) is 8.64. The van der Waals surface area contributed by atoms with E-state index in [9.17, 15) is 0 Å². The van der Waals surface area contributed by atoms with Crippen molar-refractivity contribution in [1.29, 1.82) is 0 Å². The fraction of sp³-hybridized carbons (Fsp3) is 1.00. The SMILES string of the molecule is CCNC(C1CCC(C)CC1)C1(N2CCCC2)CCCC1. The smallest absolute Gasteiger partial charge is 0.0365 e. The van der Waals surface area contributed by atoms with Crippen LogP contribution in [0.15, 0.2) is 0 Å². The molecule has 1 heterocycles. The van der Waals surface area contributed by atoms with Crippen molar-refractivity contribution in [2.24, 2.45) is 11.8 Å². The molecule has 0 amide bonds. The molecule has 0 aromatic heterocycles. The van der Waals surface area contributed by atoms with Crippen LogP contribution < -0.4 is 5.32 Å². The first kappa shape index (κ1) is 15.8. The molecule has 0 aromatic rings. The second kappa shape index (κ2) is 7.00. The highest BCUT2D eigenvalue weighted by molar-refractivity contribution is 5.07. The van der Waals surface area contributed by atoms with Gasteiger partial charge in [-0.3, -0.25) is 4.90 Å². The van der Waals surface area contributed by atoms with E-state index in [0.29, 0.717) is 5.54 Å². The van der Waals surface area contributed by atoms with E-state index >= 15 is 0 Å². The highest BCUT2D eigenvalue weighted by Crippen LogP contribution is 2.45. The molecular formula is C19H36N2. The monoisotopic (exact) mass is 292 g/mol. The van der Waals surface area contributed by atoms with Crippen LogP contribution in [-0.4, -0.2) is 36.1 Å². The van der Waals surface area contributed by atoms with E-state index in [4.69, 9.17) is 0 Å². The Morgan fingerprint density at radius 2 is 1.62 bits per heavy atom. The average molecular weight is 293 g/mol. The van der Waals surface area contributed by atoms with Crippen LogP contribution in [0.3, 0.4) is 0 Å². The fourth-order valence-electron chi connectivity index (χ4n) is 5.61. The lowest BCUT2D eigenvalue weighted by Gasteiger charge is -2.50. The zero-order valence-corrected chi connectivity index (χ0v) is 14.4. The Kier molecular flexibility index (Phi) is 5.27. The molecule has 2 heteroatoms. The van der Waals surface area contributed by atoms with Gasteiger partial charge in [0.1, 0.15) is 0 Å². The third-order valence-corrected chi connectivity index (χ3v) is 6.74. The van der Waals surface area contributed by atoms with Gasteiger partial charge in [0, 0.05) is 11.6 Å². The molecule has 3 aliphatic rings. The average Bonchev–Trinajstić information content (AvgIpc) is 3.18. The lowest BCUT2D eigenvalue weighted by molar-refractivity contribution is 0.0376. The Labute approximate surface area is 132 Å². The molecule has 2 aliphatic carbocycles. The summed E-state index contributed by atoms with van der Waals surface area (Å²) < 4.78 is 0. The predicted molar refractivity (Wildman–Crippen MR) is 90.6 cm³/mol. The highest BCUT2D eigenvalue weighted by Gasteiger charge is 2.49. The lowest BCUT2D eigenvalue weighted by Crippen LogP contribution is -2.62. The minimum atomic E-state index is 0.512. The molecule has 122 valence electrons. The summed E-state index contributed by atoms with van der Waals surface area (Å²) in [5, 5.41) is 3.99. The van der Waals surface area contributed by atoms with Crippen molar-refractivity contribution < 1.29 is 0 Å². The highest BCUT2D eigenvalue weighted by atomic mass is 15.2. The Hall–Kier alpha value is -0.0800. The number of rotatable bonds is 5. The van der Waals surface area contributed by atoms with E-state index in [0.717, 1.165) is 24.4 Å². The molecule has 0 spiro atoms. The first-order valence-electron chi connectivity index (χ1n) is 9.74. The van der Waals surface area contributed by atoms with Gasteiger partial charge in [0.25, 0.3) is 0 Å². The molecule has 0 bridgehead atoms. The van der Waals surface area contributed by atoms with Crippen LogP contribution in [0.4, 0.5) is 0 Å². The number of hydrogen-bond donors (Lipinski definition) is 1. The van der Waals surface area contributed by atoms with E-state index in [1.54, 1.807) is 0 Å². The molecule has 1 unspecified atom stereocenters. The zero-order chi connectivity index (χ0) is 14.7. The van der Waals surface area contributed by atoms with Gasteiger partial charge in [-0.2, -0.15) is 0 Å². The first-order valence-corrected chi connectivity index (χ1v) is 9.74. The summed E-state index contributed by atoms with van der Waals surface area (Å²) in [6, 6.07) is 0.760. The molecule has 2 saturated carbocycles. The van der Waals surface area contributed by atoms with Gasteiger partial charge < -0.3 is 5.32 Å². The van der Waals surface area contributed by atoms with E-state index in [-0.39, 0.29) is 0 Å². The van der Waals surface area contributed by atoms with E-state index in [1.165, 1.54) is 77.3 Å². The van der Waals surface area contributed by atoms with Crippen molar-refractivity contribution in [3.63, 3.8) is 0 Å². The van der Waals surface area contributed by atoms with Crippen molar-refractivity contribution >= 4 is 0 Å². The molecule has 0 aromatic carbocycles. The first-order chi connectivity index (χ1) is 10.3. The summed E-state index contributed by atoms with van der Waals surface area (Å²) >= 11 is 0. The second-order valence-electron chi connectivity index (χ2n) is 8.06. The minimum absolute atomic E-state index is 0.512. The predicted octanol–water partition coefficient (Wildman–Crippen LogP) is 4.20. The van der Waals surface area contributed by atoms with Gasteiger partial charge in [-0.1, -0.05) is 39.5 Å². The van der Waals surface area contributed by atoms with E-state index in [1.807, 2.05) is 0 Å². The molecule has 3 fully saturated rings. The molecule has 1 aliphatic heterocycles. The third kappa shape index (κ3) is 3.17. The summed E-state index contributed by atoms with van der Waals surface area (Å²) in [5.74, 6) is 1.90. The van der Waals surface area contributed by atoms with Gasteiger partial charge in [-0.25, -0.2) is 0 Å². The topological polar surface area (TPSA) is 15.3 Å². The molecule has 1 N–H and O–H groups in total. The second-order valence-corrected chi connectivity index (χ2v) is 8.06. The number of nitrogens with zero attached hydrogens (tertiary/aromatic N) is 1. The molecule has 1 saturated heterocycles. The number of hydrogen-bond acceptors (Lipinski definition) is 2. The summed E-state index contributed by atoms with van der Waals surface area (Å²) in [7, 11) is 0. The molecule has 3 rings (SSSR count). The molecule has 1 atom stereocenters. The largest absolute Gasteiger partial charge is 0.312 e. The lowest BCUT2D eigenvalue weighted by atomic mass is 9.71. The van der Waals surface area contributed by atoms with E-state index in [2.05, 4.69) is 24.1 Å². The maximum Gasteiger partial charge on any atom is 0.0365 e. The normalized spacial score (nSPS) is 35.1. The van der Waals surface area contributed by atoms with E-state index < -0.39 is 0 Å². The van der Waals surface area contributed by atoms with Crippen molar-refractivity contribution in [2.75, 3.05) is 19.6 Å². The minimum Gasteiger partial charge on any atom is -0.312 e. The van der Waals surface area contributed by atoms with Crippen molar-refractivity contribution in [1.82, 2.24) is 10.2 Å². The molecule has 0 radical (unpaired) electrons. The Bertz CT molecular complexity index is 308. The fourth-order valence-corrected chi connectivity index (χ4v) is 5.61. The van der Waals surface area contributed by atoms with Crippen LogP contribution in [0, 0.1) is 11.8 Å². The van der Waals surface area contributed by atoms with Gasteiger partial charge in [0.2, 0.25) is 0 Å². The van der Waals surface area contributed by atoms with Crippen LogP contribution in [-0.2, 0) is 0 Å². The quantitative estimate of drug-likeness (QED) is 0.817. The van der Waals surface area contributed by atoms with Crippen LogP contribution in [0.1, 0.15) is 78.1 Å². The number of likely N-dealkylation sites (tertiary alicyclic amines) is 1. The zero-order valence-electron chi connectivity index (χ0n) is 14.4. The Morgan fingerprint density at radius 3 is 2.19 bits per heavy atom. The van der Waals surface area contributed by atoms with Crippen LogP contribution in [0.5, 0.6) is 0 Å². The Morgan fingerprint density at radius 1 is 1.00 bits per heavy atom. The standard InChI is InChI=1S/C19H36N2/c1-3-20-18(17-10-8-16(2)9-11-17)19(12-4-5-13-19)21-14-6-7-15-21/h16-18,20H,3-15H2,1-2H3. The van der Waals surface area contributed by atoms with Gasteiger partial charge in [0.15, 0.2) is 0 Å². The molecular weight excluding hydrogens is 256 g/mol. The summed E-state index contributed by atoms with van der Waals surface area (Å²) in [5.41, 5.74) is 0.512. The Balaban J connectivity index is 1.79. The molecule has 21 heavy (non-hydrogen) atoms. The van der Waals surface area contributed by atoms with Crippen molar-refractivity contribution in [2.45, 2.75) is 89.6 Å². The van der Waals surface area contributed by atoms with Gasteiger partial charge in [-0.05, 0) is 70.0 Å². The van der Waals surface area contributed by atoms with Crippen LogP contribution in [0.2, 0.25) is 0 Å². The maximum absolute atomic E-state index is 3.99. The summed E-state index contributed by atoms with van der Waals surface area (Å²) in [4.78, 5) is 2.91. The molecule has 2 nitrogen and oxygen atoms in total. The van der Waals surface area contributed by atoms with Crippen molar-refractivity contribution in [3.8, 4) is 0 Å². The van der Waals surface area contributed by atoms with Gasteiger partial charge >= 0.3 is 0 Å². The van der Waals surface area contributed by atoms with Crippen LogP contribution in [0.25, 0.3) is 0 Å². The number of nitrogens with one attached hydrogen (secondary N) is 1.